The SMILES string of the molecule is C.C.C.C.C.CC(=O)C1=Cc2cc(Br)cnc2[C@H](N2CCN(C(=O)OC(C)(C)C)CC2)c2ccc(Cl)cc21.Cn1cncc1C(C)(O)C1=Cc2cc(Br)cnc2[C@H](N2CCN(C(=O)OC(C)(C)C)CC2)c2ccc(Cl)cc21.Cn1cncc1I. The molecule has 0 spiro atoms. The Hall–Kier alpha value is -5.00. The van der Waals surface area contributed by atoms with Gasteiger partial charge in [-0.05, 0) is 197 Å². The number of hydrogen-bond acceptors (Lipinski definition) is 12. The molecule has 6 aromatic rings. The molecule has 2 saturated heterocycles. The number of allylic oxidation sites excluding steroid dienone is 1. The molecule has 3 atom stereocenters. The van der Waals surface area contributed by atoms with E-state index in [-0.39, 0.29) is 67.2 Å². The Labute approximate surface area is 539 Å². The summed E-state index contributed by atoms with van der Waals surface area (Å²) in [5.41, 5.74) is 6.74. The third-order valence-corrected chi connectivity index (χ3v) is 16.2. The summed E-state index contributed by atoms with van der Waals surface area (Å²) >= 11 is 22.2. The summed E-state index contributed by atoms with van der Waals surface area (Å²) in [7, 11) is 3.83. The van der Waals surface area contributed by atoms with Crippen LogP contribution in [-0.4, -0.2) is 135 Å². The Morgan fingerprint density at radius 3 is 1.40 bits per heavy atom. The van der Waals surface area contributed by atoms with Crippen LogP contribution >= 0.6 is 77.7 Å². The van der Waals surface area contributed by atoms with Crippen LogP contribution in [0.2, 0.25) is 10.0 Å². The molecule has 2 aliphatic carbocycles. The Morgan fingerprint density at radius 2 is 1.02 bits per heavy atom. The molecule has 2 fully saturated rings. The molecular weight excluding hydrogens is 1350 g/mol. The highest BCUT2D eigenvalue weighted by atomic mass is 127. The first kappa shape index (κ1) is 73.3. The van der Waals surface area contributed by atoms with Crippen molar-refractivity contribution >= 4 is 119 Å². The van der Waals surface area contributed by atoms with E-state index < -0.39 is 16.8 Å². The van der Waals surface area contributed by atoms with Crippen molar-refractivity contribution in [2.45, 2.75) is 121 Å². The first-order valence-corrected chi connectivity index (χ1v) is 29.2. The van der Waals surface area contributed by atoms with Crippen molar-refractivity contribution in [1.29, 1.82) is 0 Å². The molecule has 21 heteroatoms. The fourth-order valence-electron chi connectivity index (χ4n) is 10.1. The third-order valence-electron chi connectivity index (χ3n) is 13.8. The first-order chi connectivity index (χ1) is 37.2. The number of imidazole rings is 2. The minimum Gasteiger partial charge on any atom is -0.444 e. The molecule has 84 heavy (non-hydrogen) atoms. The number of nitrogens with zero attached hydrogens (tertiary/aromatic N) is 10. The van der Waals surface area contributed by atoms with E-state index in [9.17, 15) is 19.5 Å². The Bertz CT molecular complexity index is 3300. The number of benzene rings is 2. The molecule has 2 aliphatic heterocycles. The summed E-state index contributed by atoms with van der Waals surface area (Å²) < 4.78 is 17.8. The van der Waals surface area contributed by atoms with Crippen molar-refractivity contribution in [3.05, 3.63) is 159 Å². The lowest BCUT2D eigenvalue weighted by Gasteiger charge is -2.40. The van der Waals surface area contributed by atoms with Crippen LogP contribution in [0.4, 0.5) is 9.59 Å². The summed E-state index contributed by atoms with van der Waals surface area (Å²) in [6.07, 6.45) is 13.9. The zero-order chi connectivity index (χ0) is 57.3. The maximum atomic E-state index is 12.7. The van der Waals surface area contributed by atoms with Crippen molar-refractivity contribution in [3.63, 3.8) is 0 Å². The molecule has 458 valence electrons. The van der Waals surface area contributed by atoms with Crippen LogP contribution in [0, 0.1) is 3.70 Å². The molecule has 0 bridgehead atoms. The highest BCUT2D eigenvalue weighted by Gasteiger charge is 2.41. The molecule has 2 amide bonds. The van der Waals surface area contributed by atoms with E-state index in [4.69, 9.17) is 42.6 Å². The fourth-order valence-corrected chi connectivity index (χ4v) is 11.4. The lowest BCUT2D eigenvalue weighted by Crippen LogP contribution is -2.51. The van der Waals surface area contributed by atoms with Gasteiger partial charge in [-0.25, -0.2) is 19.6 Å². The van der Waals surface area contributed by atoms with E-state index in [0.717, 1.165) is 57.4 Å². The largest absolute Gasteiger partial charge is 0.444 e. The van der Waals surface area contributed by atoms with Crippen LogP contribution in [0.5, 0.6) is 0 Å². The van der Waals surface area contributed by atoms with Crippen LogP contribution in [0.1, 0.15) is 155 Å². The Morgan fingerprint density at radius 1 is 0.607 bits per heavy atom. The average Bonchev–Trinajstić information content (AvgIpc) is 3.53. The predicted octanol–water partition coefficient (Wildman–Crippen LogP) is 15.4. The summed E-state index contributed by atoms with van der Waals surface area (Å²) in [5, 5.41) is 13.2. The van der Waals surface area contributed by atoms with Crippen LogP contribution < -0.4 is 0 Å². The molecular formula is C63H85Br2Cl2IN10O6. The number of rotatable bonds is 5. The number of ether oxygens (including phenoxy) is 2. The number of carbonyl (C=O) groups is 3. The lowest BCUT2D eigenvalue weighted by atomic mass is 9.84. The van der Waals surface area contributed by atoms with Gasteiger partial charge in [0.05, 0.1) is 57.9 Å². The van der Waals surface area contributed by atoms with Gasteiger partial charge in [0.2, 0.25) is 0 Å². The van der Waals surface area contributed by atoms with Gasteiger partial charge >= 0.3 is 12.2 Å². The summed E-state index contributed by atoms with van der Waals surface area (Å²) in [6.45, 7) is 19.3. The lowest BCUT2D eigenvalue weighted by molar-refractivity contribution is -0.111. The molecule has 10 rings (SSSR count). The van der Waals surface area contributed by atoms with E-state index in [0.29, 0.717) is 79.2 Å². The van der Waals surface area contributed by atoms with E-state index in [1.807, 2.05) is 132 Å². The number of aryl methyl sites for hydroxylation is 2. The van der Waals surface area contributed by atoms with Gasteiger partial charge in [0.15, 0.2) is 5.78 Å². The number of aliphatic hydroxyl groups is 1. The van der Waals surface area contributed by atoms with E-state index >= 15 is 0 Å². The number of hydrogen-bond donors (Lipinski definition) is 1. The number of aromatic nitrogens is 6. The minimum absolute atomic E-state index is 0. The number of carbonyl (C=O) groups excluding carboxylic acids is 3. The molecule has 1 N–H and O–H groups in total. The fraction of sp³-hybridized carbons (Fsp3) is 0.444. The van der Waals surface area contributed by atoms with E-state index in [1.165, 1.54) is 0 Å². The van der Waals surface area contributed by atoms with Crippen LogP contribution in [0.3, 0.4) is 0 Å². The van der Waals surface area contributed by atoms with Crippen molar-refractivity contribution in [2.24, 2.45) is 14.1 Å². The van der Waals surface area contributed by atoms with Gasteiger partial charge in [0.25, 0.3) is 0 Å². The van der Waals surface area contributed by atoms with Crippen molar-refractivity contribution in [3.8, 4) is 0 Å². The maximum absolute atomic E-state index is 12.7. The van der Waals surface area contributed by atoms with Crippen LogP contribution in [0.15, 0.2) is 94.9 Å². The molecule has 0 saturated carbocycles. The van der Waals surface area contributed by atoms with Gasteiger partial charge in [-0.2, -0.15) is 0 Å². The van der Waals surface area contributed by atoms with Gasteiger partial charge in [0.1, 0.15) is 16.8 Å². The minimum atomic E-state index is -1.37. The number of piperazine rings is 2. The van der Waals surface area contributed by atoms with Crippen LogP contribution in [-0.2, 0) is 34.0 Å². The quantitative estimate of drug-likeness (QED) is 0.163. The van der Waals surface area contributed by atoms with Gasteiger partial charge in [-0.1, -0.05) is 72.5 Å². The summed E-state index contributed by atoms with van der Waals surface area (Å²) in [6, 6.07) is 15.1. The molecule has 6 heterocycles. The van der Waals surface area contributed by atoms with Crippen molar-refractivity contribution < 1.29 is 29.0 Å². The van der Waals surface area contributed by atoms with Crippen molar-refractivity contribution in [1.82, 2.24) is 48.7 Å². The predicted molar refractivity (Wildman–Crippen MR) is 358 cm³/mol. The highest BCUT2D eigenvalue weighted by Crippen LogP contribution is 2.47. The van der Waals surface area contributed by atoms with E-state index in [1.54, 1.807) is 54.9 Å². The highest BCUT2D eigenvalue weighted by molar-refractivity contribution is 14.1. The number of fused-ring (bicyclic) bond motifs is 4. The second-order valence-corrected chi connectivity index (χ2v) is 25.8. The third kappa shape index (κ3) is 17.2. The number of Topliss-reactive ketones (excluding diaryl/α,β-unsaturated/α-hetero) is 1. The molecule has 2 aromatic carbocycles. The van der Waals surface area contributed by atoms with Gasteiger partial charge in [-0.15, -0.1) is 0 Å². The second kappa shape index (κ2) is 30.1. The topological polar surface area (TPSA) is 164 Å². The molecule has 0 radical (unpaired) electrons. The summed E-state index contributed by atoms with van der Waals surface area (Å²) in [4.78, 5) is 63.8. The monoisotopic (exact) mass is 1430 g/mol. The zero-order valence-electron chi connectivity index (χ0n) is 45.9. The van der Waals surface area contributed by atoms with Gasteiger partial charge < -0.3 is 33.5 Å². The standard InChI is InChI=1S/C29H33BrClN5O3.C25H27BrClN3O3.C4H5IN2.5CH4/c1-28(2,3)39-27(37)36-10-8-35(9-11-36)26-21-7-6-20(31)14-22(21)23(13-18-12-19(30)15-33-25(18)26)29(4,38)24-16-32-17-34(24)5;1-15(31)20-12-16-11-17(26)14-28-22(16)23(19-6-5-18(27)13-21(19)20)29-7-9-30(10-8-29)24(32)33-25(2,3)4;1-7-3-6-2-4(7)5;;;;;/h6-7,12-17,26,38H,8-11H2,1-5H3;5-6,11-14,23H,7-10H2,1-4H3;2-3H,1H3;5*1H4/t26-,29?;23-;;;;;;/m11....../s1. The Kier molecular flexibility index (Phi) is 26.2. The molecule has 1 unspecified atom stereocenters. The van der Waals surface area contributed by atoms with E-state index in [2.05, 4.69) is 74.2 Å². The number of ketones is 1. The molecule has 4 aromatic heterocycles. The second-order valence-electron chi connectivity index (χ2n) is 22.0. The van der Waals surface area contributed by atoms with Crippen LogP contribution in [0.25, 0.3) is 23.3 Å². The summed E-state index contributed by atoms with van der Waals surface area (Å²) in [5.74, 6) is -0.0279. The smallest absolute Gasteiger partial charge is 0.410 e. The first-order valence-electron chi connectivity index (χ1n) is 25.8. The van der Waals surface area contributed by atoms with Gasteiger partial charge in [-0.3, -0.25) is 24.6 Å². The zero-order valence-corrected chi connectivity index (χ0v) is 52.7. The number of amides is 2. The number of halogens is 5. The average molecular weight is 1440 g/mol. The molecule has 16 nitrogen and oxygen atoms in total. The van der Waals surface area contributed by atoms with Gasteiger partial charge in [0, 0.05) is 103 Å². The van der Waals surface area contributed by atoms with Crippen molar-refractivity contribution in [2.75, 3.05) is 52.4 Å². The normalized spacial score (nSPS) is 17.1. The Balaban J connectivity index is 0.000000377. The number of pyridine rings is 2. The maximum Gasteiger partial charge on any atom is 0.410 e. The molecule has 4 aliphatic rings.